The average molecular weight is 635 g/mol. The molecule has 226 valence electrons. The highest BCUT2D eigenvalue weighted by atomic mass is 32.2. The van der Waals surface area contributed by atoms with Crippen LogP contribution in [-0.4, -0.2) is 50.6 Å². The first kappa shape index (κ1) is 32.0. The van der Waals surface area contributed by atoms with Crippen LogP contribution >= 0.6 is 0 Å². The van der Waals surface area contributed by atoms with Crippen molar-refractivity contribution in [2.75, 3.05) is 0 Å². The topological polar surface area (TPSA) is 177 Å². The van der Waals surface area contributed by atoms with Gasteiger partial charge in [0.2, 0.25) is 19.7 Å². The van der Waals surface area contributed by atoms with Crippen molar-refractivity contribution < 1.29 is 46.2 Å². The summed E-state index contributed by atoms with van der Waals surface area (Å²) in [6, 6.07) is 18.1. The standard InChI is InChI=1S/C32H26O10S2/c1-3-29(33)25-17-26(28(32(37)38)18-27(25)31(35)36)30(34)15-20-8-5-10-22(14-20)44(41,42)24-12-6-11-23(16-24)43(39,40)21-9-4-7-19(2)13-21/h4-14,16-18H,3,15H2,1-2H3,(H,35,36)(H,37,38). The molecule has 0 spiro atoms. The number of ketones is 2. The minimum Gasteiger partial charge on any atom is -0.478 e. The minimum atomic E-state index is -4.27. The molecule has 12 heteroatoms. The van der Waals surface area contributed by atoms with Crippen LogP contribution in [0.5, 0.6) is 0 Å². The molecule has 0 fully saturated rings. The van der Waals surface area contributed by atoms with Crippen molar-refractivity contribution in [2.24, 2.45) is 0 Å². The quantitative estimate of drug-likeness (QED) is 0.212. The van der Waals surface area contributed by atoms with Crippen LogP contribution in [0.1, 0.15) is 65.9 Å². The van der Waals surface area contributed by atoms with E-state index in [0.717, 1.165) is 18.2 Å². The normalized spacial score (nSPS) is 11.6. The fourth-order valence-corrected chi connectivity index (χ4v) is 7.43. The number of hydrogen-bond donors (Lipinski definition) is 2. The summed E-state index contributed by atoms with van der Waals surface area (Å²) in [4.78, 5) is 48.5. The van der Waals surface area contributed by atoms with Crippen LogP contribution in [0.4, 0.5) is 0 Å². The van der Waals surface area contributed by atoms with Gasteiger partial charge in [0.1, 0.15) is 0 Å². The van der Waals surface area contributed by atoms with Crippen molar-refractivity contribution >= 4 is 43.2 Å². The number of carboxylic acids is 2. The Hall–Kier alpha value is -4.94. The summed E-state index contributed by atoms with van der Waals surface area (Å²) < 4.78 is 53.5. The van der Waals surface area contributed by atoms with Gasteiger partial charge in [0, 0.05) is 24.0 Å². The van der Waals surface area contributed by atoms with Gasteiger partial charge in [0.05, 0.1) is 30.7 Å². The molecule has 0 radical (unpaired) electrons. The number of aryl methyl sites for hydroxylation is 1. The van der Waals surface area contributed by atoms with E-state index in [2.05, 4.69) is 0 Å². The highest BCUT2D eigenvalue weighted by Crippen LogP contribution is 2.28. The Morgan fingerprint density at radius 2 is 1.00 bits per heavy atom. The molecule has 0 aliphatic carbocycles. The van der Waals surface area contributed by atoms with Gasteiger partial charge in [0.25, 0.3) is 0 Å². The number of carbonyl (C=O) groups excluding carboxylic acids is 2. The van der Waals surface area contributed by atoms with Gasteiger partial charge < -0.3 is 10.2 Å². The Bertz CT molecular complexity index is 2060. The molecule has 0 unspecified atom stereocenters. The SMILES string of the molecule is CCC(=O)c1cc(C(=O)Cc2cccc(S(=O)(=O)c3cccc(S(=O)(=O)c4cccc(C)c4)c3)c2)c(C(=O)O)cc1C(=O)O. The summed E-state index contributed by atoms with van der Waals surface area (Å²) in [5, 5.41) is 19.2. The Labute approximate surface area is 253 Å². The Morgan fingerprint density at radius 1 is 0.568 bits per heavy atom. The third-order valence-corrected chi connectivity index (χ3v) is 10.3. The Kier molecular flexibility index (Phi) is 8.98. The van der Waals surface area contributed by atoms with Gasteiger partial charge in [-0.2, -0.15) is 0 Å². The fourth-order valence-electron chi connectivity index (χ4n) is 4.57. The van der Waals surface area contributed by atoms with Gasteiger partial charge in [-0.25, -0.2) is 26.4 Å². The number of carbonyl (C=O) groups is 4. The van der Waals surface area contributed by atoms with Gasteiger partial charge in [-0.15, -0.1) is 0 Å². The van der Waals surface area contributed by atoms with Crippen molar-refractivity contribution in [1.29, 1.82) is 0 Å². The molecule has 0 aliphatic heterocycles. The highest BCUT2D eigenvalue weighted by Gasteiger charge is 2.26. The van der Waals surface area contributed by atoms with E-state index in [1.54, 1.807) is 19.1 Å². The van der Waals surface area contributed by atoms with E-state index in [9.17, 15) is 46.2 Å². The molecule has 2 N–H and O–H groups in total. The van der Waals surface area contributed by atoms with Gasteiger partial charge in [-0.3, -0.25) is 9.59 Å². The van der Waals surface area contributed by atoms with Crippen LogP contribution in [0.25, 0.3) is 0 Å². The first-order chi connectivity index (χ1) is 20.7. The molecule has 0 aliphatic rings. The van der Waals surface area contributed by atoms with E-state index in [1.807, 2.05) is 0 Å². The molecule has 0 atom stereocenters. The molecule has 0 saturated carbocycles. The zero-order valence-electron chi connectivity index (χ0n) is 23.5. The van der Waals surface area contributed by atoms with E-state index in [-0.39, 0.29) is 37.1 Å². The van der Waals surface area contributed by atoms with Crippen molar-refractivity contribution in [2.45, 2.75) is 46.3 Å². The molecule has 0 bridgehead atoms. The molecule has 10 nitrogen and oxygen atoms in total. The summed E-state index contributed by atoms with van der Waals surface area (Å²) >= 11 is 0. The van der Waals surface area contributed by atoms with Crippen LogP contribution < -0.4 is 0 Å². The van der Waals surface area contributed by atoms with Crippen molar-refractivity contribution in [3.05, 3.63) is 118 Å². The minimum absolute atomic E-state index is 0.00784. The molecule has 4 aromatic rings. The molecule has 4 rings (SSSR count). The zero-order chi connectivity index (χ0) is 32.4. The number of Topliss-reactive ketones (excluding diaryl/α,β-unsaturated/α-hetero) is 2. The van der Waals surface area contributed by atoms with E-state index < -0.39 is 66.3 Å². The van der Waals surface area contributed by atoms with Crippen LogP contribution in [0.2, 0.25) is 0 Å². The van der Waals surface area contributed by atoms with Gasteiger partial charge in [-0.05, 0) is 72.6 Å². The molecule has 4 aromatic carbocycles. The summed E-state index contributed by atoms with van der Waals surface area (Å²) in [7, 11) is -8.30. The van der Waals surface area contributed by atoms with Crippen LogP contribution in [-0.2, 0) is 26.1 Å². The highest BCUT2D eigenvalue weighted by molar-refractivity contribution is 7.92. The largest absolute Gasteiger partial charge is 0.478 e. The Morgan fingerprint density at radius 3 is 1.50 bits per heavy atom. The number of carboxylic acid groups (broad SMARTS) is 2. The zero-order valence-corrected chi connectivity index (χ0v) is 25.1. The maximum atomic E-state index is 13.6. The monoisotopic (exact) mass is 634 g/mol. The van der Waals surface area contributed by atoms with E-state index >= 15 is 0 Å². The third kappa shape index (κ3) is 6.36. The lowest BCUT2D eigenvalue weighted by molar-refractivity contribution is 0.0689. The lowest BCUT2D eigenvalue weighted by Crippen LogP contribution is -2.17. The van der Waals surface area contributed by atoms with Gasteiger partial charge in [0.15, 0.2) is 11.6 Å². The van der Waals surface area contributed by atoms with Crippen LogP contribution in [0.3, 0.4) is 0 Å². The molecule has 0 aromatic heterocycles. The molecule has 0 saturated heterocycles. The first-order valence-corrected chi connectivity index (χ1v) is 16.1. The predicted molar refractivity (Wildman–Crippen MR) is 158 cm³/mol. The molecular formula is C32H26O10S2. The van der Waals surface area contributed by atoms with E-state index in [0.29, 0.717) is 5.56 Å². The summed E-state index contributed by atoms with van der Waals surface area (Å²) in [5.41, 5.74) is -0.989. The van der Waals surface area contributed by atoms with Crippen molar-refractivity contribution in [3.63, 3.8) is 0 Å². The maximum absolute atomic E-state index is 13.6. The maximum Gasteiger partial charge on any atom is 0.336 e. The van der Waals surface area contributed by atoms with Crippen LogP contribution in [0, 0.1) is 6.92 Å². The second kappa shape index (κ2) is 12.3. The van der Waals surface area contributed by atoms with Gasteiger partial charge >= 0.3 is 11.9 Å². The Balaban J connectivity index is 1.71. The molecular weight excluding hydrogens is 608 g/mol. The van der Waals surface area contributed by atoms with E-state index in [1.165, 1.54) is 61.5 Å². The second-order valence-corrected chi connectivity index (χ2v) is 13.8. The number of sulfone groups is 2. The first-order valence-electron chi connectivity index (χ1n) is 13.1. The van der Waals surface area contributed by atoms with Crippen molar-refractivity contribution in [1.82, 2.24) is 0 Å². The smallest absolute Gasteiger partial charge is 0.336 e. The number of benzene rings is 4. The summed E-state index contributed by atoms with van der Waals surface area (Å²) in [6.45, 7) is 3.22. The fraction of sp³-hybridized carbons (Fsp3) is 0.125. The lowest BCUT2D eigenvalue weighted by atomic mass is 9.91. The predicted octanol–water partition coefficient (Wildman–Crippen LogP) is 5.08. The van der Waals surface area contributed by atoms with Crippen molar-refractivity contribution in [3.8, 4) is 0 Å². The van der Waals surface area contributed by atoms with Crippen LogP contribution in [0.15, 0.2) is 105 Å². The molecule has 0 heterocycles. The van der Waals surface area contributed by atoms with E-state index in [4.69, 9.17) is 0 Å². The number of rotatable bonds is 11. The average Bonchev–Trinajstić information content (AvgIpc) is 3.00. The number of hydrogen-bond acceptors (Lipinski definition) is 8. The molecule has 44 heavy (non-hydrogen) atoms. The molecule has 0 amide bonds. The summed E-state index contributed by atoms with van der Waals surface area (Å²) in [6.07, 6.45) is -0.564. The number of aromatic carboxylic acids is 2. The second-order valence-electron chi connectivity index (χ2n) is 9.88. The third-order valence-electron chi connectivity index (χ3n) is 6.84. The van der Waals surface area contributed by atoms with Gasteiger partial charge in [-0.1, -0.05) is 37.3 Å². The lowest BCUT2D eigenvalue weighted by Gasteiger charge is -2.12. The summed E-state index contributed by atoms with van der Waals surface area (Å²) in [5.74, 6) is -4.50.